The van der Waals surface area contributed by atoms with E-state index in [0.717, 1.165) is 5.56 Å². The number of hydrogen-bond donors (Lipinski definition) is 0. The maximum absolute atomic E-state index is 3.89. The molecule has 0 aliphatic carbocycles. The van der Waals surface area contributed by atoms with Crippen LogP contribution in [0.15, 0.2) is 35.5 Å². The van der Waals surface area contributed by atoms with E-state index in [-0.39, 0.29) is 0 Å². The highest BCUT2D eigenvalue weighted by molar-refractivity contribution is 5.88. The predicted octanol–water partition coefficient (Wildman–Crippen LogP) is 1.97. The van der Waals surface area contributed by atoms with Crippen LogP contribution in [0.4, 0.5) is 0 Å². The first kappa shape index (κ1) is 5.33. The first-order valence-electron chi connectivity index (χ1n) is 3.18. The second kappa shape index (κ2) is 2.05. The van der Waals surface area contributed by atoms with Crippen LogP contribution in [-0.4, -0.2) is 6.21 Å². The molecule has 1 heteroatoms. The second-order valence-electron chi connectivity index (χ2n) is 2.14. The van der Waals surface area contributed by atoms with Crippen molar-refractivity contribution in [1.82, 2.24) is 0 Å². The molecule has 0 unspecified atom stereocenters. The topological polar surface area (TPSA) is 12.4 Å². The Hall–Kier alpha value is -1.46. The van der Waals surface area contributed by atoms with E-state index < -0.39 is 0 Å². The van der Waals surface area contributed by atoms with Crippen molar-refractivity contribution in [2.24, 2.45) is 4.99 Å². The molecule has 10 heavy (non-hydrogen) atoms. The second-order valence-corrected chi connectivity index (χ2v) is 2.14. The molecule has 0 atom stereocenters. The maximum atomic E-state index is 3.89. The Morgan fingerprint density at radius 1 is 1.20 bits per heavy atom. The summed E-state index contributed by atoms with van der Waals surface area (Å²) in [6, 6.07) is 8.05. The lowest BCUT2D eigenvalue weighted by Gasteiger charge is -1.90. The van der Waals surface area contributed by atoms with Gasteiger partial charge in [-0.05, 0) is 18.2 Å². The Labute approximate surface area is 59.7 Å². The van der Waals surface area contributed by atoms with E-state index in [2.05, 4.69) is 11.2 Å². The summed E-state index contributed by atoms with van der Waals surface area (Å²) in [5.74, 6) is 0. The van der Waals surface area contributed by atoms with Crippen LogP contribution in [0.1, 0.15) is 11.1 Å². The zero-order valence-electron chi connectivity index (χ0n) is 5.41. The van der Waals surface area contributed by atoms with Gasteiger partial charge in [-0.1, -0.05) is 0 Å². The van der Waals surface area contributed by atoms with Crippen molar-refractivity contribution >= 4 is 12.3 Å². The molecule has 2 rings (SSSR count). The maximum Gasteiger partial charge on any atom is 0.175 e. The van der Waals surface area contributed by atoms with E-state index in [9.17, 15) is 0 Å². The van der Waals surface area contributed by atoms with Gasteiger partial charge in [-0.2, -0.15) is 0 Å². The van der Waals surface area contributed by atoms with Crippen molar-refractivity contribution in [3.8, 4) is 0 Å². The van der Waals surface area contributed by atoms with Crippen LogP contribution in [0.2, 0.25) is 0 Å². The minimum Gasteiger partial charge on any atom is -0.107 e. The largest absolute Gasteiger partial charge is 0.175 e. The zero-order valence-corrected chi connectivity index (χ0v) is 5.41. The van der Waals surface area contributed by atoms with Gasteiger partial charge in [0.05, 0.1) is 5.56 Å². The summed E-state index contributed by atoms with van der Waals surface area (Å²) in [5, 5.41) is 0. The third kappa shape index (κ3) is 0.734. The molecule has 1 heterocycles. The molecular formula is C9H6N+. The molecule has 0 spiro atoms. The molecule has 1 aromatic rings. The molecule has 0 fully saturated rings. The normalized spacial score (nSPS) is 12.4. The first-order chi connectivity index (χ1) is 4.97. The average Bonchev–Trinajstić information content (AvgIpc) is 2.05. The fourth-order valence-electron chi connectivity index (χ4n) is 0.969. The van der Waals surface area contributed by atoms with Gasteiger partial charge in [-0.3, -0.25) is 0 Å². The van der Waals surface area contributed by atoms with Crippen molar-refractivity contribution in [3.05, 3.63) is 41.6 Å². The predicted molar refractivity (Wildman–Crippen MR) is 42.0 cm³/mol. The number of fused-ring (bicyclic) bond motifs is 1. The number of nitrogens with zero attached hydrogens (tertiary/aromatic N) is 1. The number of rotatable bonds is 0. The van der Waals surface area contributed by atoms with Crippen LogP contribution in [0.25, 0.3) is 6.08 Å². The molecule has 0 saturated carbocycles. The molecule has 0 N–H and O–H groups in total. The fourth-order valence-corrected chi connectivity index (χ4v) is 0.969. The molecule has 1 aromatic carbocycles. The van der Waals surface area contributed by atoms with Gasteiger partial charge in [0, 0.05) is 12.1 Å². The highest BCUT2D eigenvalue weighted by Crippen LogP contribution is 2.11. The highest BCUT2D eigenvalue weighted by Gasteiger charge is 2.06. The molecule has 0 aromatic heterocycles. The highest BCUT2D eigenvalue weighted by atomic mass is 14.7. The Kier molecular flexibility index (Phi) is 1.09. The summed E-state index contributed by atoms with van der Waals surface area (Å²) in [6.45, 7) is 0. The molecule has 0 radical (unpaired) electrons. The van der Waals surface area contributed by atoms with Crippen molar-refractivity contribution in [3.63, 3.8) is 0 Å². The average molecular weight is 128 g/mol. The van der Waals surface area contributed by atoms with E-state index in [1.54, 1.807) is 6.20 Å². The minimum atomic E-state index is 1.07. The van der Waals surface area contributed by atoms with Gasteiger partial charge in [0.2, 0.25) is 0 Å². The molecular weight excluding hydrogens is 122 g/mol. The van der Waals surface area contributed by atoms with Crippen LogP contribution in [0, 0.1) is 0 Å². The Morgan fingerprint density at radius 3 is 3.00 bits per heavy atom. The van der Waals surface area contributed by atoms with Gasteiger partial charge in [-0.15, -0.1) is 4.99 Å². The Balaban J connectivity index is 2.65. The van der Waals surface area contributed by atoms with Gasteiger partial charge in [0.1, 0.15) is 12.4 Å². The van der Waals surface area contributed by atoms with Gasteiger partial charge in [0.15, 0.2) is 5.56 Å². The molecule has 1 aliphatic heterocycles. The summed E-state index contributed by atoms with van der Waals surface area (Å²) in [4.78, 5) is 3.89. The van der Waals surface area contributed by atoms with E-state index in [4.69, 9.17) is 0 Å². The first-order valence-corrected chi connectivity index (χ1v) is 3.18. The third-order valence-corrected chi connectivity index (χ3v) is 1.47. The number of aliphatic imine (C=N–C) groups is 1. The van der Waals surface area contributed by atoms with Crippen LogP contribution in [0.5, 0.6) is 0 Å². The van der Waals surface area contributed by atoms with Crippen molar-refractivity contribution in [2.75, 3.05) is 0 Å². The summed E-state index contributed by atoms with van der Waals surface area (Å²) in [7, 11) is 0. The third-order valence-electron chi connectivity index (χ3n) is 1.47. The van der Waals surface area contributed by atoms with Gasteiger partial charge in [0.25, 0.3) is 0 Å². The standard InChI is InChI=1S/C9H6N/c1-2-4-9-7-10-6-5-8(9)3-1/h1-6H/q+1. The lowest BCUT2D eigenvalue weighted by atomic mass is 10.1. The number of hydrogen-bond acceptors (Lipinski definition) is 1. The number of benzene rings is 1. The fraction of sp³-hybridized carbons (Fsp3) is 0. The minimum absolute atomic E-state index is 1.07. The van der Waals surface area contributed by atoms with Gasteiger partial charge in [-0.25, -0.2) is 0 Å². The van der Waals surface area contributed by atoms with Crippen LogP contribution >= 0.6 is 0 Å². The van der Waals surface area contributed by atoms with E-state index in [1.165, 1.54) is 5.56 Å². The van der Waals surface area contributed by atoms with E-state index >= 15 is 0 Å². The molecule has 0 amide bonds. The molecule has 1 nitrogen and oxygen atoms in total. The van der Waals surface area contributed by atoms with Gasteiger partial charge < -0.3 is 0 Å². The monoisotopic (exact) mass is 128 g/mol. The van der Waals surface area contributed by atoms with Crippen LogP contribution in [0.3, 0.4) is 0 Å². The summed E-state index contributed by atoms with van der Waals surface area (Å²) < 4.78 is 0. The summed E-state index contributed by atoms with van der Waals surface area (Å²) in [6.07, 6.45) is 6.63. The molecule has 0 saturated heterocycles. The Morgan fingerprint density at radius 2 is 2.10 bits per heavy atom. The molecule has 1 aliphatic rings. The quantitative estimate of drug-likeness (QED) is 0.474. The van der Waals surface area contributed by atoms with Crippen molar-refractivity contribution in [2.45, 2.75) is 0 Å². The van der Waals surface area contributed by atoms with Crippen LogP contribution in [-0.2, 0) is 0 Å². The van der Waals surface area contributed by atoms with Gasteiger partial charge >= 0.3 is 0 Å². The lowest BCUT2D eigenvalue weighted by Crippen LogP contribution is -1.88. The SMILES string of the molecule is [C+]1=NC=Cc2ccccc21. The molecule has 46 valence electrons. The van der Waals surface area contributed by atoms with Crippen LogP contribution < -0.4 is 0 Å². The smallest absolute Gasteiger partial charge is 0.107 e. The molecule has 0 bridgehead atoms. The lowest BCUT2D eigenvalue weighted by molar-refractivity contribution is 1.52. The Bertz CT molecular complexity index is 266. The van der Waals surface area contributed by atoms with E-state index in [1.807, 2.05) is 30.3 Å². The van der Waals surface area contributed by atoms with Crippen molar-refractivity contribution < 1.29 is 0 Å². The summed E-state index contributed by atoms with van der Waals surface area (Å²) >= 11 is 0. The zero-order chi connectivity index (χ0) is 6.81. The summed E-state index contributed by atoms with van der Waals surface area (Å²) in [5.41, 5.74) is 2.27. The van der Waals surface area contributed by atoms with Crippen molar-refractivity contribution in [1.29, 1.82) is 0 Å². The van der Waals surface area contributed by atoms with E-state index in [0.29, 0.717) is 0 Å².